The molecule has 1 aliphatic carbocycles. The molecule has 0 N–H and O–H groups in total. The van der Waals surface area contributed by atoms with Gasteiger partial charge in [-0.25, -0.2) is 13.8 Å². The van der Waals surface area contributed by atoms with Crippen LogP contribution in [0.15, 0.2) is 16.8 Å². The highest BCUT2D eigenvalue weighted by Crippen LogP contribution is 2.44. The van der Waals surface area contributed by atoms with Gasteiger partial charge in [0, 0.05) is 67.9 Å². The monoisotopic (exact) mass is 600 g/mol. The molecule has 230 valence electrons. The lowest BCUT2D eigenvalue weighted by Gasteiger charge is -2.41. The topological polar surface area (TPSA) is 58.4 Å². The first-order valence-electron chi connectivity index (χ1n) is 16.1. The summed E-state index contributed by atoms with van der Waals surface area (Å²) in [5.41, 5.74) is 3.63. The molecule has 2 saturated heterocycles. The van der Waals surface area contributed by atoms with Crippen LogP contribution in [0.3, 0.4) is 0 Å². The van der Waals surface area contributed by atoms with Crippen molar-refractivity contribution in [1.82, 2.24) is 19.4 Å². The van der Waals surface area contributed by atoms with Crippen LogP contribution < -0.4 is 0 Å². The van der Waals surface area contributed by atoms with Crippen LogP contribution in [0, 0.1) is 18.8 Å². The van der Waals surface area contributed by atoms with Crippen LogP contribution in [-0.2, 0) is 22.6 Å². The summed E-state index contributed by atoms with van der Waals surface area (Å²) in [4.78, 5) is 35.5. The highest BCUT2D eigenvalue weighted by molar-refractivity contribution is 7.08. The second-order valence-electron chi connectivity index (χ2n) is 13.7. The van der Waals surface area contributed by atoms with Gasteiger partial charge in [0.15, 0.2) is 0 Å². The Bertz CT molecular complexity index is 1250. The molecular formula is C33H46F2N4O2S. The van der Waals surface area contributed by atoms with Crippen LogP contribution in [-0.4, -0.2) is 62.1 Å². The molecule has 0 radical (unpaired) electrons. The van der Waals surface area contributed by atoms with Gasteiger partial charge in [-0.05, 0) is 86.7 Å². The quantitative estimate of drug-likeness (QED) is 0.314. The molecule has 6 rings (SSSR count). The highest BCUT2D eigenvalue weighted by Gasteiger charge is 2.43. The summed E-state index contributed by atoms with van der Waals surface area (Å²) in [6.45, 7) is 8.42. The average Bonchev–Trinajstić information content (AvgIpc) is 3.66. The summed E-state index contributed by atoms with van der Waals surface area (Å²) >= 11 is 1.66. The van der Waals surface area contributed by atoms with Gasteiger partial charge in [0.25, 0.3) is 0 Å². The predicted octanol–water partition coefficient (Wildman–Crippen LogP) is 6.92. The number of piperidine rings is 1. The summed E-state index contributed by atoms with van der Waals surface area (Å²) in [6, 6.07) is 3.65. The van der Waals surface area contributed by atoms with E-state index in [0.29, 0.717) is 43.9 Å². The number of carbonyl (C=O) groups excluding carboxylic acids is 2. The van der Waals surface area contributed by atoms with Crippen molar-refractivity contribution in [2.75, 3.05) is 13.1 Å². The first-order valence-corrected chi connectivity index (χ1v) is 17.1. The number of aromatic nitrogens is 2. The number of amides is 1. The number of rotatable bonds is 9. The van der Waals surface area contributed by atoms with E-state index in [1.165, 1.54) is 24.1 Å². The van der Waals surface area contributed by atoms with E-state index in [9.17, 15) is 18.4 Å². The molecule has 5 heterocycles. The SMILES string of the molecule is Cc1nc2c(n1C1CC3CCC(C1)N3CC[C@H](CC(=O)C1CCC(F)(F)CC1)c1ccsc1)CCN(C(=O)C(C)C)C2. The Morgan fingerprint density at radius 1 is 1.10 bits per heavy atom. The number of aryl methyl sites for hydroxylation is 1. The molecule has 3 fully saturated rings. The van der Waals surface area contributed by atoms with Crippen molar-refractivity contribution < 1.29 is 18.4 Å². The Morgan fingerprint density at radius 3 is 2.45 bits per heavy atom. The Kier molecular flexibility index (Phi) is 8.62. The molecule has 1 saturated carbocycles. The van der Waals surface area contributed by atoms with Crippen LogP contribution in [0.4, 0.5) is 8.78 Å². The van der Waals surface area contributed by atoms with Crippen LogP contribution in [0.2, 0.25) is 0 Å². The van der Waals surface area contributed by atoms with Crippen LogP contribution in [0.25, 0.3) is 0 Å². The molecule has 42 heavy (non-hydrogen) atoms. The summed E-state index contributed by atoms with van der Waals surface area (Å²) in [5, 5.41) is 4.24. The lowest BCUT2D eigenvalue weighted by Crippen LogP contribution is -2.45. The van der Waals surface area contributed by atoms with Crippen molar-refractivity contribution in [3.8, 4) is 0 Å². The molecule has 0 spiro atoms. The zero-order chi connectivity index (χ0) is 29.6. The van der Waals surface area contributed by atoms with E-state index in [1.807, 2.05) is 18.7 Å². The number of halogens is 2. The molecule has 2 bridgehead atoms. The lowest BCUT2D eigenvalue weighted by molar-refractivity contribution is -0.135. The van der Waals surface area contributed by atoms with E-state index in [0.717, 1.165) is 50.3 Å². The number of carbonyl (C=O) groups is 2. The van der Waals surface area contributed by atoms with E-state index < -0.39 is 5.92 Å². The van der Waals surface area contributed by atoms with Crippen LogP contribution in [0.5, 0.6) is 0 Å². The van der Waals surface area contributed by atoms with Gasteiger partial charge in [-0.15, -0.1) is 0 Å². The van der Waals surface area contributed by atoms with Gasteiger partial charge in [0.05, 0.1) is 12.2 Å². The van der Waals surface area contributed by atoms with Crippen molar-refractivity contribution in [2.24, 2.45) is 11.8 Å². The highest BCUT2D eigenvalue weighted by atomic mass is 32.1. The number of alkyl halides is 2. The lowest BCUT2D eigenvalue weighted by atomic mass is 9.80. The fourth-order valence-electron chi connectivity index (χ4n) is 8.37. The zero-order valence-electron chi connectivity index (χ0n) is 25.4. The third kappa shape index (κ3) is 6.10. The third-order valence-corrected chi connectivity index (χ3v) is 11.3. The number of imidazole rings is 1. The van der Waals surface area contributed by atoms with Crippen molar-refractivity contribution in [2.45, 2.75) is 128 Å². The number of fused-ring (bicyclic) bond motifs is 3. The largest absolute Gasteiger partial charge is 0.336 e. The fraction of sp³-hybridized carbons (Fsp3) is 0.727. The predicted molar refractivity (Wildman–Crippen MR) is 161 cm³/mol. The summed E-state index contributed by atoms with van der Waals surface area (Å²) < 4.78 is 29.9. The molecule has 9 heteroatoms. The standard InChI is InChI=1S/C33H46F2N4O2S/c1-21(2)32(41)37-13-9-30-29(19-37)36-22(3)39(30)28-17-26-4-5-27(18-28)38(26)14-8-24(25-10-15-42-20-25)16-31(40)23-6-11-33(34,35)12-7-23/h10,15,20-21,23-24,26-28H,4-9,11-14,16-19H2,1-3H3/t24-,26?,27?,28?/m1/s1. The minimum atomic E-state index is -2.60. The number of nitrogens with zero attached hydrogens (tertiary/aromatic N) is 4. The maximum Gasteiger partial charge on any atom is 0.248 e. The molecule has 1 amide bonds. The summed E-state index contributed by atoms with van der Waals surface area (Å²) in [5.74, 6) is -1.18. The molecule has 3 atom stereocenters. The third-order valence-electron chi connectivity index (χ3n) is 10.6. The van der Waals surface area contributed by atoms with Gasteiger partial charge in [-0.3, -0.25) is 14.5 Å². The minimum Gasteiger partial charge on any atom is -0.336 e. The Labute approximate surface area is 252 Å². The molecule has 2 unspecified atom stereocenters. The van der Waals surface area contributed by atoms with Crippen LogP contribution >= 0.6 is 11.3 Å². The van der Waals surface area contributed by atoms with Gasteiger partial charge >= 0.3 is 0 Å². The number of hydrogen-bond acceptors (Lipinski definition) is 5. The summed E-state index contributed by atoms with van der Waals surface area (Å²) in [6.07, 6.45) is 7.28. The molecule has 6 nitrogen and oxygen atoms in total. The van der Waals surface area contributed by atoms with Crippen molar-refractivity contribution in [1.29, 1.82) is 0 Å². The molecular weight excluding hydrogens is 554 g/mol. The second kappa shape index (κ2) is 12.1. The van der Waals surface area contributed by atoms with E-state index in [-0.39, 0.29) is 42.3 Å². The zero-order valence-corrected chi connectivity index (χ0v) is 26.2. The Balaban J connectivity index is 1.09. The minimum absolute atomic E-state index is 0.00687. The Hall–Kier alpha value is -2.13. The Morgan fingerprint density at radius 2 is 1.81 bits per heavy atom. The van der Waals surface area contributed by atoms with E-state index in [2.05, 4.69) is 33.2 Å². The maximum atomic E-state index is 13.7. The fourth-order valence-corrected chi connectivity index (χ4v) is 9.11. The van der Waals surface area contributed by atoms with Gasteiger partial charge in [0.2, 0.25) is 11.8 Å². The molecule has 3 aliphatic heterocycles. The molecule has 0 aromatic carbocycles. The second-order valence-corrected chi connectivity index (χ2v) is 14.5. The van der Waals surface area contributed by atoms with Crippen molar-refractivity contribution >= 4 is 23.0 Å². The van der Waals surface area contributed by atoms with Crippen molar-refractivity contribution in [3.05, 3.63) is 39.6 Å². The van der Waals surface area contributed by atoms with Gasteiger partial charge in [-0.1, -0.05) is 13.8 Å². The normalized spacial score (nSPS) is 26.9. The number of Topliss-reactive ketones (excluding diaryl/α,β-unsaturated/α-hetero) is 1. The number of hydrogen-bond donors (Lipinski definition) is 0. The van der Waals surface area contributed by atoms with Gasteiger partial charge in [0.1, 0.15) is 11.6 Å². The molecule has 2 aromatic heterocycles. The van der Waals surface area contributed by atoms with Crippen molar-refractivity contribution in [3.63, 3.8) is 0 Å². The first kappa shape index (κ1) is 29.9. The van der Waals surface area contributed by atoms with Crippen LogP contribution in [0.1, 0.15) is 113 Å². The molecule has 4 aliphatic rings. The summed E-state index contributed by atoms with van der Waals surface area (Å²) in [7, 11) is 0. The van der Waals surface area contributed by atoms with Gasteiger partial charge in [-0.2, -0.15) is 11.3 Å². The maximum absolute atomic E-state index is 13.7. The average molecular weight is 601 g/mol. The number of thiophene rings is 1. The first-order chi connectivity index (χ1) is 20.1. The van der Waals surface area contributed by atoms with E-state index in [1.54, 1.807) is 11.3 Å². The van der Waals surface area contributed by atoms with E-state index in [4.69, 9.17) is 4.98 Å². The van der Waals surface area contributed by atoms with Gasteiger partial charge < -0.3 is 9.47 Å². The smallest absolute Gasteiger partial charge is 0.248 e. The number of ketones is 1. The van der Waals surface area contributed by atoms with E-state index >= 15 is 0 Å². The molecule has 2 aromatic rings.